The van der Waals surface area contributed by atoms with E-state index in [0.717, 1.165) is 12.3 Å². The zero-order valence-electron chi connectivity index (χ0n) is 11.3. The van der Waals surface area contributed by atoms with Gasteiger partial charge in [-0.2, -0.15) is 0 Å². The van der Waals surface area contributed by atoms with Crippen molar-refractivity contribution in [2.75, 3.05) is 33.2 Å². The van der Waals surface area contributed by atoms with Crippen LogP contribution in [0, 0.1) is 5.92 Å². The van der Waals surface area contributed by atoms with E-state index in [1.807, 2.05) is 0 Å². The number of piperidine rings is 1. The highest BCUT2D eigenvalue weighted by molar-refractivity contribution is 4.79. The summed E-state index contributed by atoms with van der Waals surface area (Å²) in [5, 5.41) is 0. The summed E-state index contributed by atoms with van der Waals surface area (Å²) in [7, 11) is 2.17. The number of allylic oxidation sites excluding steroid dienone is 1. The van der Waals surface area contributed by atoms with E-state index in [0.29, 0.717) is 0 Å². The van der Waals surface area contributed by atoms with E-state index in [4.69, 9.17) is 0 Å². The van der Waals surface area contributed by atoms with E-state index in [-0.39, 0.29) is 0 Å². The fraction of sp³-hybridized carbons (Fsp3) is 0.857. The molecule has 0 bridgehead atoms. The maximum atomic E-state index is 2.63. The van der Waals surface area contributed by atoms with Crippen LogP contribution >= 0.6 is 0 Å². The highest BCUT2D eigenvalue weighted by atomic mass is 15.1. The first-order chi connectivity index (χ1) is 7.72. The lowest BCUT2D eigenvalue weighted by molar-refractivity contribution is 0.178. The zero-order chi connectivity index (χ0) is 11.8. The van der Waals surface area contributed by atoms with Gasteiger partial charge in [0.1, 0.15) is 0 Å². The summed E-state index contributed by atoms with van der Waals surface area (Å²) in [6, 6.07) is 0. The molecule has 16 heavy (non-hydrogen) atoms. The molecule has 1 aliphatic rings. The lowest BCUT2D eigenvalue weighted by atomic mass is 10.0. The van der Waals surface area contributed by atoms with Crippen molar-refractivity contribution < 1.29 is 0 Å². The van der Waals surface area contributed by atoms with Crippen LogP contribution in [0.15, 0.2) is 12.3 Å². The Hall–Kier alpha value is -0.500. The fourth-order valence-corrected chi connectivity index (χ4v) is 2.39. The van der Waals surface area contributed by atoms with E-state index in [1.54, 1.807) is 0 Å². The second kappa shape index (κ2) is 7.72. The molecule has 1 heterocycles. The molecule has 1 rings (SSSR count). The number of rotatable bonds is 6. The Kier molecular flexibility index (Phi) is 6.55. The van der Waals surface area contributed by atoms with Gasteiger partial charge >= 0.3 is 0 Å². The summed E-state index contributed by atoms with van der Waals surface area (Å²) in [5.41, 5.74) is 0. The van der Waals surface area contributed by atoms with Crippen LogP contribution in [-0.2, 0) is 0 Å². The molecule has 0 aromatic carbocycles. The summed E-state index contributed by atoms with van der Waals surface area (Å²) in [6.07, 6.45) is 9.68. The Morgan fingerprint density at radius 1 is 1.44 bits per heavy atom. The van der Waals surface area contributed by atoms with Crippen LogP contribution in [0.25, 0.3) is 0 Å². The predicted molar refractivity (Wildman–Crippen MR) is 71.5 cm³/mol. The minimum Gasteiger partial charge on any atom is -0.381 e. The maximum Gasteiger partial charge on any atom is 0.0181 e. The topological polar surface area (TPSA) is 6.48 Å². The van der Waals surface area contributed by atoms with Crippen LogP contribution in [-0.4, -0.2) is 43.0 Å². The Morgan fingerprint density at radius 3 is 2.94 bits per heavy atom. The summed E-state index contributed by atoms with van der Waals surface area (Å²) in [5.74, 6) is 0.909. The van der Waals surface area contributed by atoms with Crippen molar-refractivity contribution in [3.05, 3.63) is 12.3 Å². The molecule has 94 valence electrons. The molecule has 0 aromatic heterocycles. The molecule has 0 spiro atoms. The monoisotopic (exact) mass is 224 g/mol. The van der Waals surface area contributed by atoms with Gasteiger partial charge in [-0.05, 0) is 50.9 Å². The summed E-state index contributed by atoms with van der Waals surface area (Å²) < 4.78 is 0. The molecular formula is C14H28N2. The first-order valence-corrected chi connectivity index (χ1v) is 6.81. The molecule has 1 unspecified atom stereocenters. The van der Waals surface area contributed by atoms with E-state index in [9.17, 15) is 0 Å². The van der Waals surface area contributed by atoms with Crippen molar-refractivity contribution in [2.24, 2.45) is 5.92 Å². The fourth-order valence-electron chi connectivity index (χ4n) is 2.39. The van der Waals surface area contributed by atoms with Crippen molar-refractivity contribution >= 4 is 0 Å². The number of hydrogen-bond donors (Lipinski definition) is 0. The quantitative estimate of drug-likeness (QED) is 0.684. The van der Waals surface area contributed by atoms with Gasteiger partial charge in [0, 0.05) is 20.1 Å². The molecule has 0 aliphatic carbocycles. The van der Waals surface area contributed by atoms with E-state index >= 15 is 0 Å². The van der Waals surface area contributed by atoms with Crippen LogP contribution in [0.2, 0.25) is 0 Å². The third-order valence-electron chi connectivity index (χ3n) is 3.32. The molecular weight excluding hydrogens is 196 g/mol. The van der Waals surface area contributed by atoms with Crippen molar-refractivity contribution in [3.63, 3.8) is 0 Å². The van der Waals surface area contributed by atoms with Gasteiger partial charge in [0.25, 0.3) is 0 Å². The number of hydrogen-bond acceptors (Lipinski definition) is 2. The molecule has 0 amide bonds. The van der Waals surface area contributed by atoms with Gasteiger partial charge in [0.05, 0.1) is 0 Å². The minimum absolute atomic E-state index is 0.909. The molecule has 1 fully saturated rings. The SMILES string of the molecule is CCC=CN(C)CCCN1CCCC(C)C1. The van der Waals surface area contributed by atoms with Gasteiger partial charge in [-0.3, -0.25) is 0 Å². The van der Waals surface area contributed by atoms with Gasteiger partial charge in [0.2, 0.25) is 0 Å². The molecule has 1 atom stereocenters. The Balaban J connectivity index is 2.08. The molecule has 1 aliphatic heterocycles. The zero-order valence-corrected chi connectivity index (χ0v) is 11.3. The van der Waals surface area contributed by atoms with Crippen LogP contribution in [0.5, 0.6) is 0 Å². The summed E-state index contributed by atoms with van der Waals surface area (Å²) >= 11 is 0. The average molecular weight is 224 g/mol. The Bertz CT molecular complexity index is 201. The van der Waals surface area contributed by atoms with Crippen LogP contribution < -0.4 is 0 Å². The van der Waals surface area contributed by atoms with Crippen molar-refractivity contribution in [1.29, 1.82) is 0 Å². The first-order valence-electron chi connectivity index (χ1n) is 6.81. The molecule has 0 saturated carbocycles. The third kappa shape index (κ3) is 5.55. The minimum atomic E-state index is 0.909. The molecule has 0 aromatic rings. The van der Waals surface area contributed by atoms with E-state index < -0.39 is 0 Å². The highest BCUT2D eigenvalue weighted by Crippen LogP contribution is 2.15. The normalized spacial score (nSPS) is 22.8. The first kappa shape index (κ1) is 13.6. The van der Waals surface area contributed by atoms with Crippen molar-refractivity contribution in [2.45, 2.75) is 39.5 Å². The molecule has 1 saturated heterocycles. The Morgan fingerprint density at radius 2 is 2.25 bits per heavy atom. The summed E-state index contributed by atoms with van der Waals surface area (Å²) in [4.78, 5) is 4.93. The van der Waals surface area contributed by atoms with E-state index in [2.05, 4.69) is 43.0 Å². The smallest absolute Gasteiger partial charge is 0.0181 e. The largest absolute Gasteiger partial charge is 0.381 e. The van der Waals surface area contributed by atoms with Crippen LogP contribution in [0.1, 0.15) is 39.5 Å². The van der Waals surface area contributed by atoms with Gasteiger partial charge in [0.15, 0.2) is 0 Å². The lowest BCUT2D eigenvalue weighted by Crippen LogP contribution is -2.35. The van der Waals surface area contributed by atoms with E-state index in [1.165, 1.54) is 45.4 Å². The highest BCUT2D eigenvalue weighted by Gasteiger charge is 2.15. The van der Waals surface area contributed by atoms with Gasteiger partial charge in [-0.15, -0.1) is 0 Å². The summed E-state index contributed by atoms with van der Waals surface area (Å²) in [6.45, 7) is 9.64. The predicted octanol–water partition coefficient (Wildman–Crippen LogP) is 2.96. The second-order valence-electron chi connectivity index (χ2n) is 5.18. The molecule has 2 heteroatoms. The second-order valence-corrected chi connectivity index (χ2v) is 5.18. The van der Waals surface area contributed by atoms with Crippen molar-refractivity contribution in [1.82, 2.24) is 9.80 Å². The van der Waals surface area contributed by atoms with Gasteiger partial charge in [-0.25, -0.2) is 0 Å². The number of nitrogens with zero attached hydrogens (tertiary/aromatic N) is 2. The number of likely N-dealkylation sites (tertiary alicyclic amines) is 1. The third-order valence-corrected chi connectivity index (χ3v) is 3.32. The average Bonchev–Trinajstić information content (AvgIpc) is 2.26. The Labute approximate surface area is 101 Å². The van der Waals surface area contributed by atoms with Gasteiger partial charge < -0.3 is 9.80 Å². The standard InChI is InChI=1S/C14H28N2/c1-4-5-9-15(3)10-7-12-16-11-6-8-14(2)13-16/h5,9,14H,4,6-8,10-13H2,1-3H3. The lowest BCUT2D eigenvalue weighted by Gasteiger charge is -2.31. The molecule has 0 N–H and O–H groups in total. The van der Waals surface area contributed by atoms with Crippen molar-refractivity contribution in [3.8, 4) is 0 Å². The maximum absolute atomic E-state index is 2.63. The molecule has 0 radical (unpaired) electrons. The van der Waals surface area contributed by atoms with Crippen LogP contribution in [0.4, 0.5) is 0 Å². The van der Waals surface area contributed by atoms with Crippen LogP contribution in [0.3, 0.4) is 0 Å². The molecule has 2 nitrogen and oxygen atoms in total. The van der Waals surface area contributed by atoms with Gasteiger partial charge in [-0.1, -0.05) is 19.9 Å².